The summed E-state index contributed by atoms with van der Waals surface area (Å²) < 4.78 is 0. The monoisotopic (exact) mass is 376 g/mol. The van der Waals surface area contributed by atoms with Gasteiger partial charge in [0.1, 0.15) is 5.75 Å². The van der Waals surface area contributed by atoms with Gasteiger partial charge < -0.3 is 5.11 Å². The average Bonchev–Trinajstić information content (AvgIpc) is 2.09. The Kier molecular flexibility index (Phi) is 6.01. The van der Waals surface area contributed by atoms with Crippen LogP contribution in [0.1, 0.15) is 0 Å². The van der Waals surface area contributed by atoms with Crippen LogP contribution in [0, 0.1) is 10.1 Å². The normalized spacial score (nSPS) is 8.25. The number of benzene rings is 1. The summed E-state index contributed by atoms with van der Waals surface area (Å²) in [6.07, 6.45) is 0. The van der Waals surface area contributed by atoms with E-state index >= 15 is 0 Å². The quantitative estimate of drug-likeness (QED) is 0.464. The molecule has 12 heavy (non-hydrogen) atoms. The van der Waals surface area contributed by atoms with Crippen LogP contribution < -0.4 is 0 Å². The first kappa shape index (κ1) is 11.6. The number of phenolic OH excluding ortho intramolecular Hbond substituents is 1. The third-order valence-corrected chi connectivity index (χ3v) is 1.06. The molecule has 0 aliphatic carbocycles. The standard InChI is InChI=1S/C6H5NO3.ClH.Hg/c8-6-3-1-5(2-4-6)7(9)10;;/h1-4,8H;1H;/q;;+1/p-1. The predicted molar refractivity (Wildman–Crippen MR) is 40.6 cm³/mol. The molecule has 1 aromatic rings. The first-order valence-electron chi connectivity index (χ1n) is 2.90. The van der Waals surface area contributed by atoms with Crippen LogP contribution in [0.4, 0.5) is 5.69 Å². The molecule has 0 heterocycles. The Morgan fingerprint density at radius 2 is 1.75 bits per heavy atom. The van der Waals surface area contributed by atoms with E-state index < -0.39 is 4.92 Å². The molecule has 0 saturated heterocycles. The van der Waals surface area contributed by atoms with Gasteiger partial charge in [0.25, 0.3) is 5.69 Å². The van der Waals surface area contributed by atoms with E-state index in [1.165, 1.54) is 24.3 Å². The summed E-state index contributed by atoms with van der Waals surface area (Å²) >= 11 is 0.500. The Hall–Kier alpha value is -0.355. The molecule has 0 fully saturated rings. The van der Waals surface area contributed by atoms with Gasteiger partial charge in [-0.25, -0.2) is 0 Å². The topological polar surface area (TPSA) is 63.4 Å². The van der Waals surface area contributed by atoms with Crippen molar-refractivity contribution in [1.29, 1.82) is 0 Å². The van der Waals surface area contributed by atoms with Crippen LogP contribution in [0.5, 0.6) is 5.75 Å². The summed E-state index contributed by atoms with van der Waals surface area (Å²) in [5.41, 5.74) is -0.0159. The van der Waals surface area contributed by atoms with Gasteiger partial charge in [-0.1, -0.05) is 0 Å². The molecule has 0 spiro atoms. The van der Waals surface area contributed by atoms with E-state index in [-0.39, 0.29) is 11.4 Å². The zero-order valence-electron chi connectivity index (χ0n) is 6.11. The molecule has 1 N–H and O–H groups in total. The van der Waals surface area contributed by atoms with Gasteiger partial charge in [-0.2, -0.15) is 0 Å². The van der Waals surface area contributed by atoms with Gasteiger partial charge in [-0.05, 0) is 12.1 Å². The number of aromatic hydroxyl groups is 1. The van der Waals surface area contributed by atoms with Gasteiger partial charge in [0.05, 0.1) is 4.92 Å². The molecule has 4 nitrogen and oxygen atoms in total. The van der Waals surface area contributed by atoms with Crippen LogP contribution in [0.2, 0.25) is 0 Å². The van der Waals surface area contributed by atoms with Crippen molar-refractivity contribution in [2.24, 2.45) is 0 Å². The Bertz CT molecular complexity index is 251. The minimum absolute atomic E-state index is 0.0159. The number of halogens is 1. The van der Waals surface area contributed by atoms with Gasteiger partial charge in [0.2, 0.25) is 0 Å². The number of nitrogens with zero attached hydrogens (tertiary/aromatic N) is 1. The molecule has 0 saturated carbocycles. The molecule has 0 unspecified atom stereocenters. The Balaban J connectivity index is 0.000000561. The number of nitro benzene ring substituents is 1. The van der Waals surface area contributed by atoms with Gasteiger partial charge in [0.15, 0.2) is 0 Å². The molecule has 1 rings (SSSR count). The van der Waals surface area contributed by atoms with Crippen molar-refractivity contribution < 1.29 is 34.9 Å². The number of rotatable bonds is 1. The molecule has 0 atom stereocenters. The van der Waals surface area contributed by atoms with Crippen LogP contribution in [-0.4, -0.2) is 10.0 Å². The van der Waals surface area contributed by atoms with Crippen LogP contribution in [0.3, 0.4) is 0 Å². The van der Waals surface area contributed by atoms with Crippen molar-refractivity contribution in [3.05, 3.63) is 34.4 Å². The fraction of sp³-hybridized carbons (Fsp3) is 0. The number of hydrogen-bond acceptors (Lipinski definition) is 3. The van der Waals surface area contributed by atoms with Crippen LogP contribution >= 0.6 is 8.25 Å². The number of phenols is 1. The summed E-state index contributed by atoms with van der Waals surface area (Å²) in [6, 6.07) is 5.04. The van der Waals surface area contributed by atoms with E-state index in [2.05, 4.69) is 0 Å². The maximum absolute atomic E-state index is 10.0. The molecule has 6 heteroatoms. The summed E-state index contributed by atoms with van der Waals surface area (Å²) in [5, 5.41) is 18.8. The molecular weight excluding hydrogens is 370 g/mol. The van der Waals surface area contributed by atoms with Gasteiger partial charge in [0, 0.05) is 12.1 Å². The minimum atomic E-state index is -0.514. The van der Waals surface area contributed by atoms with E-state index in [1.54, 1.807) is 0 Å². The van der Waals surface area contributed by atoms with Crippen molar-refractivity contribution in [2.75, 3.05) is 0 Å². The summed E-state index contributed by atoms with van der Waals surface area (Å²) in [6.45, 7) is 0. The first-order valence-corrected chi connectivity index (χ1v) is 9.67. The Morgan fingerprint density at radius 3 is 2.08 bits per heavy atom. The summed E-state index contributed by atoms with van der Waals surface area (Å²) in [7, 11) is 4.83. The third kappa shape index (κ3) is 3.87. The molecule has 0 aromatic heterocycles. The molecule has 0 bridgehead atoms. The second-order valence-corrected chi connectivity index (χ2v) is 1.77. The second kappa shape index (κ2) is 6.19. The van der Waals surface area contributed by atoms with Crippen LogP contribution in [0.15, 0.2) is 24.3 Å². The van der Waals surface area contributed by atoms with E-state index in [4.69, 9.17) is 13.4 Å². The molecular formula is C6H5ClHgNO3. The predicted octanol–water partition coefficient (Wildman–Crippen LogP) is 1.99. The summed E-state index contributed by atoms with van der Waals surface area (Å²) in [5.74, 6) is 0.0330. The summed E-state index contributed by atoms with van der Waals surface area (Å²) in [4.78, 5) is 9.52. The molecule has 1 aromatic carbocycles. The molecule has 0 amide bonds. The van der Waals surface area contributed by atoms with Crippen LogP contribution in [0.25, 0.3) is 0 Å². The van der Waals surface area contributed by atoms with E-state index in [9.17, 15) is 10.1 Å². The van der Waals surface area contributed by atoms with E-state index in [0.29, 0.717) is 24.9 Å². The number of non-ortho nitro benzene ring substituents is 1. The molecule has 0 aliphatic rings. The maximum atomic E-state index is 10.0. The molecule has 61 valence electrons. The van der Waals surface area contributed by atoms with Crippen molar-refractivity contribution in [3.8, 4) is 5.75 Å². The fourth-order valence-corrected chi connectivity index (χ4v) is 0.574. The van der Waals surface area contributed by atoms with Crippen molar-refractivity contribution in [1.82, 2.24) is 0 Å². The molecule has 0 radical (unpaired) electrons. The SMILES string of the molecule is O=[N+]([O-])c1ccc(O)cc1.[Cl][Hg]. The van der Waals surface area contributed by atoms with Crippen molar-refractivity contribution in [3.63, 3.8) is 0 Å². The first-order chi connectivity index (χ1) is 5.70. The fourth-order valence-electron chi connectivity index (χ4n) is 0.574. The van der Waals surface area contributed by atoms with E-state index in [1.807, 2.05) is 0 Å². The zero-order valence-corrected chi connectivity index (χ0v) is 12.4. The molecule has 0 aliphatic heterocycles. The van der Waals surface area contributed by atoms with Gasteiger partial charge in [-0.15, -0.1) is 0 Å². The van der Waals surface area contributed by atoms with Crippen molar-refractivity contribution >= 4 is 13.9 Å². The number of nitro groups is 1. The van der Waals surface area contributed by atoms with E-state index in [0.717, 1.165) is 0 Å². The van der Waals surface area contributed by atoms with Crippen LogP contribution in [-0.2, 0) is 24.9 Å². The number of hydrogen-bond donors (Lipinski definition) is 1. The Morgan fingerprint density at radius 1 is 1.33 bits per heavy atom. The average molecular weight is 375 g/mol. The third-order valence-electron chi connectivity index (χ3n) is 1.06. The Labute approximate surface area is 88.7 Å². The zero-order chi connectivity index (χ0) is 9.56. The van der Waals surface area contributed by atoms with Gasteiger partial charge >= 0.3 is 33.1 Å². The van der Waals surface area contributed by atoms with Crippen molar-refractivity contribution in [2.45, 2.75) is 0 Å². The second-order valence-electron chi connectivity index (χ2n) is 1.77. The van der Waals surface area contributed by atoms with Gasteiger partial charge in [-0.3, -0.25) is 10.1 Å².